The van der Waals surface area contributed by atoms with Gasteiger partial charge < -0.3 is 15.5 Å². The number of pyridine rings is 1. The Morgan fingerprint density at radius 1 is 1.15 bits per heavy atom. The predicted octanol–water partition coefficient (Wildman–Crippen LogP) is 2.64. The number of rotatable bonds is 5. The molecule has 2 aromatic rings. The second-order valence-electron chi connectivity index (χ2n) is 11.3. The van der Waals surface area contributed by atoms with Crippen LogP contribution in [0.25, 0.3) is 5.65 Å². The zero-order valence-electron chi connectivity index (χ0n) is 19.6. The Morgan fingerprint density at radius 2 is 1.88 bits per heavy atom. The number of carbonyl (C=O) groups is 2. The van der Waals surface area contributed by atoms with Crippen molar-refractivity contribution < 1.29 is 9.59 Å². The SMILES string of the molecule is C[C@@H]1CN(C(=O)Cc2cn3c(C(=O)NCC45CC6CC(CC(C6)C4)C5)cccc3n2)CCN1. The van der Waals surface area contributed by atoms with Crippen molar-refractivity contribution in [3.63, 3.8) is 0 Å². The number of carbonyl (C=O) groups excluding carboxylic acids is 2. The summed E-state index contributed by atoms with van der Waals surface area (Å²) in [5.41, 5.74) is 2.34. The highest BCUT2D eigenvalue weighted by atomic mass is 16.2. The first kappa shape index (κ1) is 21.1. The van der Waals surface area contributed by atoms with Gasteiger partial charge in [-0.1, -0.05) is 6.07 Å². The van der Waals surface area contributed by atoms with Gasteiger partial charge in [-0.2, -0.15) is 0 Å². The quantitative estimate of drug-likeness (QED) is 0.736. The number of nitrogens with zero attached hydrogens (tertiary/aromatic N) is 3. The number of fused-ring (bicyclic) bond motifs is 1. The third-order valence-corrected chi connectivity index (χ3v) is 8.62. The van der Waals surface area contributed by atoms with Crippen LogP contribution in [0.5, 0.6) is 0 Å². The Hall–Kier alpha value is -2.41. The smallest absolute Gasteiger partial charge is 0.268 e. The van der Waals surface area contributed by atoms with Crippen LogP contribution in [0.15, 0.2) is 24.4 Å². The van der Waals surface area contributed by atoms with Crippen LogP contribution < -0.4 is 10.6 Å². The molecule has 1 aliphatic heterocycles. The van der Waals surface area contributed by atoms with Gasteiger partial charge in [-0.3, -0.25) is 14.0 Å². The summed E-state index contributed by atoms with van der Waals surface area (Å²) in [5, 5.41) is 6.65. The predicted molar refractivity (Wildman–Crippen MR) is 126 cm³/mol. The van der Waals surface area contributed by atoms with Gasteiger partial charge in [-0.15, -0.1) is 0 Å². The second kappa shape index (κ2) is 8.12. The highest BCUT2D eigenvalue weighted by Crippen LogP contribution is 2.59. The summed E-state index contributed by atoms with van der Waals surface area (Å²) < 4.78 is 1.85. The van der Waals surface area contributed by atoms with Crippen molar-refractivity contribution in [3.8, 4) is 0 Å². The molecule has 3 heterocycles. The maximum absolute atomic E-state index is 13.2. The van der Waals surface area contributed by atoms with Crippen molar-refractivity contribution >= 4 is 17.5 Å². The zero-order chi connectivity index (χ0) is 22.6. The first-order chi connectivity index (χ1) is 16.0. The Labute approximate surface area is 195 Å². The zero-order valence-corrected chi connectivity index (χ0v) is 19.6. The average molecular weight is 450 g/mol. The van der Waals surface area contributed by atoms with E-state index in [0.29, 0.717) is 28.5 Å². The van der Waals surface area contributed by atoms with E-state index in [4.69, 9.17) is 0 Å². The van der Waals surface area contributed by atoms with Crippen molar-refractivity contribution in [1.29, 1.82) is 0 Å². The third-order valence-electron chi connectivity index (χ3n) is 8.62. The number of amides is 2. The van der Waals surface area contributed by atoms with Gasteiger partial charge in [-0.05, 0) is 80.8 Å². The van der Waals surface area contributed by atoms with Gasteiger partial charge in [0, 0.05) is 38.4 Å². The molecule has 4 aliphatic carbocycles. The van der Waals surface area contributed by atoms with Crippen LogP contribution in [0.3, 0.4) is 0 Å². The molecule has 2 N–H and O–H groups in total. The molecular formula is C26H35N5O2. The van der Waals surface area contributed by atoms with Crippen molar-refractivity contribution in [2.45, 2.75) is 57.9 Å². The minimum atomic E-state index is -0.0393. The molecule has 1 atom stereocenters. The van der Waals surface area contributed by atoms with Gasteiger partial charge in [-0.25, -0.2) is 4.98 Å². The molecule has 0 aromatic carbocycles. The number of imidazole rings is 1. The molecule has 0 spiro atoms. The van der Waals surface area contributed by atoms with Crippen LogP contribution >= 0.6 is 0 Å². The van der Waals surface area contributed by atoms with Crippen molar-refractivity contribution in [3.05, 3.63) is 35.8 Å². The summed E-state index contributed by atoms with van der Waals surface area (Å²) in [7, 11) is 0. The first-order valence-electron chi connectivity index (χ1n) is 12.7. The molecule has 176 valence electrons. The molecule has 4 bridgehead atoms. The Balaban J connectivity index is 1.15. The molecule has 2 aromatic heterocycles. The molecule has 5 aliphatic rings. The van der Waals surface area contributed by atoms with E-state index in [0.717, 1.165) is 43.9 Å². The number of hydrogen-bond donors (Lipinski definition) is 2. The fraction of sp³-hybridized carbons (Fsp3) is 0.654. The minimum absolute atomic E-state index is 0.0393. The van der Waals surface area contributed by atoms with Crippen LogP contribution in [0.1, 0.15) is 61.6 Å². The fourth-order valence-electron chi connectivity index (χ4n) is 7.62. The lowest BCUT2D eigenvalue weighted by Crippen LogP contribution is -2.51. The van der Waals surface area contributed by atoms with Crippen LogP contribution in [0.4, 0.5) is 0 Å². The monoisotopic (exact) mass is 449 g/mol. The first-order valence-corrected chi connectivity index (χ1v) is 12.7. The molecule has 0 radical (unpaired) electrons. The summed E-state index contributed by atoms with van der Waals surface area (Å²) >= 11 is 0. The van der Waals surface area contributed by atoms with E-state index in [1.165, 1.54) is 38.5 Å². The number of nitrogens with one attached hydrogen (secondary N) is 2. The average Bonchev–Trinajstić information content (AvgIpc) is 3.19. The highest BCUT2D eigenvalue weighted by molar-refractivity contribution is 5.93. The Morgan fingerprint density at radius 3 is 2.58 bits per heavy atom. The highest BCUT2D eigenvalue weighted by Gasteiger charge is 2.50. The maximum Gasteiger partial charge on any atom is 0.268 e. The molecular weight excluding hydrogens is 414 g/mol. The van der Waals surface area contributed by atoms with E-state index in [1.54, 1.807) is 0 Å². The van der Waals surface area contributed by atoms with Crippen LogP contribution in [-0.2, 0) is 11.2 Å². The van der Waals surface area contributed by atoms with Gasteiger partial charge in [0.25, 0.3) is 5.91 Å². The molecule has 4 saturated carbocycles. The Bertz CT molecular complexity index is 1040. The number of piperazine rings is 1. The van der Waals surface area contributed by atoms with Crippen LogP contribution in [0, 0.1) is 23.2 Å². The van der Waals surface area contributed by atoms with E-state index in [1.807, 2.05) is 33.7 Å². The lowest BCUT2D eigenvalue weighted by Gasteiger charge is -2.56. The van der Waals surface area contributed by atoms with Gasteiger partial charge >= 0.3 is 0 Å². The topological polar surface area (TPSA) is 78.7 Å². The van der Waals surface area contributed by atoms with Gasteiger partial charge in [0.05, 0.1) is 12.1 Å². The summed E-state index contributed by atoms with van der Waals surface area (Å²) in [5.74, 6) is 2.69. The van der Waals surface area contributed by atoms with Gasteiger partial charge in [0.1, 0.15) is 11.3 Å². The van der Waals surface area contributed by atoms with Gasteiger partial charge in [0.15, 0.2) is 0 Å². The second-order valence-corrected chi connectivity index (χ2v) is 11.3. The molecule has 33 heavy (non-hydrogen) atoms. The van der Waals surface area contributed by atoms with E-state index >= 15 is 0 Å². The van der Waals surface area contributed by atoms with Gasteiger partial charge in [0.2, 0.25) is 5.91 Å². The van der Waals surface area contributed by atoms with E-state index in [9.17, 15) is 9.59 Å². The molecule has 0 unspecified atom stereocenters. The standard InChI is InChI=1S/C26H35N5O2/c1-17-14-30(6-5-27-17)24(32)10-21-15-31-22(3-2-4-23(31)29-21)25(33)28-16-26-11-18-7-19(12-26)9-20(8-18)13-26/h2-4,15,17-20,27H,5-14,16H2,1H3,(H,28,33)/t17-,18?,19?,20?,26?/m1/s1. The lowest BCUT2D eigenvalue weighted by molar-refractivity contribution is -0.131. The largest absolute Gasteiger partial charge is 0.350 e. The summed E-state index contributed by atoms with van der Waals surface area (Å²) in [6.07, 6.45) is 10.2. The van der Waals surface area contributed by atoms with Crippen LogP contribution in [-0.4, -0.2) is 58.3 Å². The fourth-order valence-corrected chi connectivity index (χ4v) is 7.62. The maximum atomic E-state index is 13.2. The number of hydrogen-bond acceptors (Lipinski definition) is 4. The molecule has 1 saturated heterocycles. The van der Waals surface area contributed by atoms with Crippen molar-refractivity contribution in [2.75, 3.05) is 26.2 Å². The molecule has 7 heteroatoms. The molecule has 7 rings (SSSR count). The Kier molecular flexibility index (Phi) is 5.20. The summed E-state index contributed by atoms with van der Waals surface area (Å²) in [4.78, 5) is 32.6. The minimum Gasteiger partial charge on any atom is -0.350 e. The van der Waals surface area contributed by atoms with E-state index in [-0.39, 0.29) is 18.2 Å². The van der Waals surface area contributed by atoms with E-state index in [2.05, 4.69) is 22.5 Å². The summed E-state index contributed by atoms with van der Waals surface area (Å²) in [6, 6.07) is 5.95. The van der Waals surface area contributed by atoms with Crippen LogP contribution in [0.2, 0.25) is 0 Å². The van der Waals surface area contributed by atoms with E-state index < -0.39 is 0 Å². The third kappa shape index (κ3) is 4.05. The molecule has 2 amide bonds. The normalized spacial score (nSPS) is 32.9. The summed E-state index contributed by atoms with van der Waals surface area (Å²) in [6.45, 7) is 5.16. The molecule has 5 fully saturated rings. The molecule has 7 nitrogen and oxygen atoms in total. The number of aromatic nitrogens is 2. The lowest BCUT2D eigenvalue weighted by atomic mass is 9.49. The van der Waals surface area contributed by atoms with Crippen molar-refractivity contribution in [2.24, 2.45) is 23.2 Å². The van der Waals surface area contributed by atoms with Crippen molar-refractivity contribution in [1.82, 2.24) is 24.9 Å².